The first kappa shape index (κ1) is 11.9. The number of aryl methyl sites for hydroxylation is 4. The average Bonchev–Trinajstić information content (AvgIpc) is 2.83. The van der Waals surface area contributed by atoms with E-state index in [2.05, 4.69) is 36.7 Å². The number of thiophene rings is 2. The molecule has 0 spiro atoms. The average molecular weight is 250 g/mol. The van der Waals surface area contributed by atoms with Gasteiger partial charge in [-0.2, -0.15) is 0 Å². The van der Waals surface area contributed by atoms with Crippen LogP contribution >= 0.6 is 22.7 Å². The molecule has 0 N–H and O–H groups in total. The minimum absolute atomic E-state index is 1.25. The maximum absolute atomic E-state index is 2.32. The summed E-state index contributed by atoms with van der Waals surface area (Å²) in [6.07, 6.45) is 5.14. The molecule has 2 heteroatoms. The zero-order valence-electron chi connectivity index (χ0n) is 9.95. The van der Waals surface area contributed by atoms with Crippen molar-refractivity contribution in [2.24, 2.45) is 0 Å². The Morgan fingerprint density at radius 1 is 0.812 bits per heavy atom. The van der Waals surface area contributed by atoms with Crippen LogP contribution in [0.1, 0.15) is 33.7 Å². The number of hydrogen-bond acceptors (Lipinski definition) is 2. The van der Waals surface area contributed by atoms with Crippen molar-refractivity contribution in [3.63, 3.8) is 0 Å². The Kier molecular flexibility index (Phi) is 4.19. The highest BCUT2D eigenvalue weighted by Gasteiger charge is 1.99. The van der Waals surface area contributed by atoms with Gasteiger partial charge in [-0.3, -0.25) is 0 Å². The van der Waals surface area contributed by atoms with Gasteiger partial charge < -0.3 is 0 Å². The fourth-order valence-electron chi connectivity index (χ4n) is 1.84. The predicted octanol–water partition coefficient (Wildman–Crippen LogP) is 4.99. The molecule has 2 aromatic rings. The van der Waals surface area contributed by atoms with E-state index in [1.54, 1.807) is 9.75 Å². The van der Waals surface area contributed by atoms with Gasteiger partial charge >= 0.3 is 0 Å². The molecule has 0 atom stereocenters. The molecule has 0 amide bonds. The normalized spacial score (nSPS) is 10.9. The second kappa shape index (κ2) is 5.65. The molecule has 0 unspecified atom stereocenters. The van der Waals surface area contributed by atoms with Gasteiger partial charge in [0, 0.05) is 9.75 Å². The molecule has 0 bridgehead atoms. The van der Waals surface area contributed by atoms with Gasteiger partial charge in [0.05, 0.1) is 0 Å². The van der Waals surface area contributed by atoms with E-state index >= 15 is 0 Å². The Hall–Kier alpha value is -0.600. The lowest BCUT2D eigenvalue weighted by Gasteiger charge is -1.97. The van der Waals surface area contributed by atoms with E-state index < -0.39 is 0 Å². The molecule has 0 fully saturated rings. The molecule has 2 heterocycles. The van der Waals surface area contributed by atoms with Crippen molar-refractivity contribution >= 4 is 22.7 Å². The third-order valence-electron chi connectivity index (χ3n) is 2.67. The van der Waals surface area contributed by atoms with Crippen molar-refractivity contribution < 1.29 is 0 Å². The third-order valence-corrected chi connectivity index (χ3v) is 4.89. The summed E-state index contributed by atoms with van der Waals surface area (Å²) in [5, 5.41) is 4.50. The third kappa shape index (κ3) is 3.46. The van der Waals surface area contributed by atoms with Crippen LogP contribution in [0.2, 0.25) is 0 Å². The fraction of sp³-hybridized carbons (Fsp3) is 0.429. The smallest absolute Gasteiger partial charge is 0.00479 e. The van der Waals surface area contributed by atoms with Crippen molar-refractivity contribution in [3.05, 3.63) is 43.8 Å². The van der Waals surface area contributed by atoms with Gasteiger partial charge in [0.1, 0.15) is 0 Å². The van der Waals surface area contributed by atoms with E-state index in [4.69, 9.17) is 0 Å². The number of unbranched alkanes of at least 4 members (excludes halogenated alkanes) is 1. The SMILES string of the molecule is Cc1csc(CCCCc2cc(C)cs2)c1. The Morgan fingerprint density at radius 2 is 1.25 bits per heavy atom. The lowest BCUT2D eigenvalue weighted by Crippen LogP contribution is -1.84. The van der Waals surface area contributed by atoms with Gasteiger partial charge in [-0.05, 0) is 73.6 Å². The second-order valence-electron chi connectivity index (χ2n) is 4.39. The molecule has 0 nitrogen and oxygen atoms in total. The molecule has 0 aromatic carbocycles. The summed E-state index contributed by atoms with van der Waals surface area (Å²) < 4.78 is 0. The first-order valence-electron chi connectivity index (χ1n) is 5.82. The van der Waals surface area contributed by atoms with Crippen LogP contribution in [0.3, 0.4) is 0 Å². The molecule has 2 rings (SSSR count). The van der Waals surface area contributed by atoms with Crippen molar-refractivity contribution in [2.45, 2.75) is 39.5 Å². The minimum atomic E-state index is 1.25. The largest absolute Gasteiger partial charge is 0.149 e. The first-order chi connectivity index (χ1) is 7.74. The molecule has 16 heavy (non-hydrogen) atoms. The maximum Gasteiger partial charge on any atom is 0.00479 e. The topological polar surface area (TPSA) is 0 Å². The molecule has 0 radical (unpaired) electrons. The van der Waals surface area contributed by atoms with Crippen molar-refractivity contribution in [1.29, 1.82) is 0 Å². The lowest BCUT2D eigenvalue weighted by molar-refractivity contribution is 0.746. The summed E-state index contributed by atoms with van der Waals surface area (Å²) in [5.74, 6) is 0. The Labute approximate surface area is 106 Å². The summed E-state index contributed by atoms with van der Waals surface area (Å²) in [6.45, 7) is 4.35. The first-order valence-corrected chi connectivity index (χ1v) is 7.58. The second-order valence-corrected chi connectivity index (χ2v) is 6.38. The van der Waals surface area contributed by atoms with Gasteiger partial charge in [-0.1, -0.05) is 0 Å². The van der Waals surface area contributed by atoms with E-state index in [-0.39, 0.29) is 0 Å². The van der Waals surface area contributed by atoms with Crippen LogP contribution in [-0.4, -0.2) is 0 Å². The summed E-state index contributed by atoms with van der Waals surface area (Å²) in [6, 6.07) is 4.64. The standard InChI is InChI=1S/C14H18S2/c1-11-7-13(15-9-11)5-3-4-6-14-8-12(2)10-16-14/h7-10H,3-6H2,1-2H3. The Balaban J connectivity index is 1.69. The minimum Gasteiger partial charge on any atom is -0.149 e. The summed E-state index contributed by atoms with van der Waals surface area (Å²) in [4.78, 5) is 3.08. The molecular weight excluding hydrogens is 232 g/mol. The van der Waals surface area contributed by atoms with Crippen LogP contribution in [0.15, 0.2) is 22.9 Å². The van der Waals surface area contributed by atoms with E-state index in [0.29, 0.717) is 0 Å². The molecule has 86 valence electrons. The van der Waals surface area contributed by atoms with Gasteiger partial charge in [0.25, 0.3) is 0 Å². The Bertz CT molecular complexity index is 395. The van der Waals surface area contributed by atoms with Crippen molar-refractivity contribution in [3.8, 4) is 0 Å². The highest BCUT2D eigenvalue weighted by atomic mass is 32.1. The zero-order valence-corrected chi connectivity index (χ0v) is 11.6. The molecule has 2 aromatic heterocycles. The predicted molar refractivity (Wildman–Crippen MR) is 74.8 cm³/mol. The van der Waals surface area contributed by atoms with E-state index in [0.717, 1.165) is 0 Å². The zero-order chi connectivity index (χ0) is 11.4. The molecule has 0 aliphatic rings. The quantitative estimate of drug-likeness (QED) is 0.656. The molecule has 0 saturated heterocycles. The molecule has 0 aliphatic carbocycles. The van der Waals surface area contributed by atoms with Crippen LogP contribution in [0.5, 0.6) is 0 Å². The Morgan fingerprint density at radius 3 is 1.56 bits per heavy atom. The van der Waals surface area contributed by atoms with Gasteiger partial charge in [0.2, 0.25) is 0 Å². The van der Waals surface area contributed by atoms with E-state index in [1.807, 2.05) is 22.7 Å². The lowest BCUT2D eigenvalue weighted by atomic mass is 10.1. The van der Waals surface area contributed by atoms with Crippen LogP contribution in [-0.2, 0) is 12.8 Å². The highest BCUT2D eigenvalue weighted by Crippen LogP contribution is 2.19. The summed E-state index contributed by atoms with van der Waals surface area (Å²) in [5.41, 5.74) is 2.82. The number of hydrogen-bond donors (Lipinski definition) is 0. The van der Waals surface area contributed by atoms with Crippen LogP contribution in [0, 0.1) is 13.8 Å². The summed E-state index contributed by atoms with van der Waals surface area (Å²) >= 11 is 3.81. The van der Waals surface area contributed by atoms with Crippen LogP contribution < -0.4 is 0 Å². The van der Waals surface area contributed by atoms with E-state index in [9.17, 15) is 0 Å². The molecule has 0 aliphatic heterocycles. The van der Waals surface area contributed by atoms with Crippen LogP contribution in [0.25, 0.3) is 0 Å². The fourth-order valence-corrected chi connectivity index (χ4v) is 3.68. The molecular formula is C14H18S2. The molecule has 0 saturated carbocycles. The van der Waals surface area contributed by atoms with Crippen LogP contribution in [0.4, 0.5) is 0 Å². The van der Waals surface area contributed by atoms with Gasteiger partial charge in [-0.15, -0.1) is 22.7 Å². The number of rotatable bonds is 5. The van der Waals surface area contributed by atoms with Crippen molar-refractivity contribution in [1.82, 2.24) is 0 Å². The monoisotopic (exact) mass is 250 g/mol. The summed E-state index contributed by atoms with van der Waals surface area (Å²) in [7, 11) is 0. The van der Waals surface area contributed by atoms with Gasteiger partial charge in [0.15, 0.2) is 0 Å². The highest BCUT2D eigenvalue weighted by molar-refractivity contribution is 7.10. The van der Waals surface area contributed by atoms with Gasteiger partial charge in [-0.25, -0.2) is 0 Å². The van der Waals surface area contributed by atoms with E-state index in [1.165, 1.54) is 36.8 Å². The van der Waals surface area contributed by atoms with Crippen molar-refractivity contribution in [2.75, 3.05) is 0 Å². The maximum atomic E-state index is 2.32.